The van der Waals surface area contributed by atoms with Crippen LogP contribution in [0.3, 0.4) is 0 Å². The van der Waals surface area contributed by atoms with Gasteiger partial charge in [0.1, 0.15) is 0 Å². The van der Waals surface area contributed by atoms with Crippen molar-refractivity contribution < 1.29 is 5.11 Å². The summed E-state index contributed by atoms with van der Waals surface area (Å²) in [6.07, 6.45) is 5.98. The Labute approximate surface area is 101 Å². The van der Waals surface area contributed by atoms with E-state index >= 15 is 0 Å². The molecular weight excluding hydrogens is 218 g/mol. The Hall–Kier alpha value is -0.540. The molecule has 0 radical (unpaired) electrons. The minimum absolute atomic E-state index is 0.464. The Morgan fingerprint density at radius 3 is 2.81 bits per heavy atom. The third kappa shape index (κ3) is 3.22. The number of pyridine rings is 1. The van der Waals surface area contributed by atoms with Crippen molar-refractivity contribution in [1.29, 1.82) is 0 Å². The smallest absolute Gasteiger partial charge is 0.0960 e. The van der Waals surface area contributed by atoms with E-state index in [1.54, 1.807) is 18.0 Å². The monoisotopic (exact) mass is 237 g/mol. The fraction of sp³-hybridized carbons (Fsp3) is 0.615. The summed E-state index contributed by atoms with van der Waals surface area (Å²) in [6, 6.07) is 5.91. The lowest BCUT2D eigenvalue weighted by Crippen LogP contribution is -2.36. The van der Waals surface area contributed by atoms with Crippen LogP contribution in [-0.4, -0.2) is 21.4 Å². The predicted molar refractivity (Wildman–Crippen MR) is 67.5 cm³/mol. The molecule has 1 fully saturated rings. The number of aromatic nitrogens is 1. The second-order valence-electron chi connectivity index (χ2n) is 4.86. The van der Waals surface area contributed by atoms with Crippen molar-refractivity contribution in [3.8, 4) is 0 Å². The van der Waals surface area contributed by atoms with Crippen molar-refractivity contribution in [1.82, 2.24) is 4.98 Å². The van der Waals surface area contributed by atoms with E-state index in [0.29, 0.717) is 0 Å². The first-order valence-corrected chi connectivity index (χ1v) is 6.93. The highest BCUT2D eigenvalue weighted by molar-refractivity contribution is 7.99. The van der Waals surface area contributed by atoms with Gasteiger partial charge in [-0.15, -0.1) is 11.8 Å². The highest BCUT2D eigenvalue weighted by Gasteiger charge is 2.31. The normalized spacial score (nSPS) is 30.2. The fourth-order valence-electron chi connectivity index (χ4n) is 2.08. The van der Waals surface area contributed by atoms with Gasteiger partial charge in [0.2, 0.25) is 0 Å². The van der Waals surface area contributed by atoms with E-state index in [2.05, 4.69) is 11.9 Å². The van der Waals surface area contributed by atoms with Crippen LogP contribution >= 0.6 is 11.8 Å². The lowest BCUT2D eigenvalue weighted by Gasteiger charge is -2.34. The first kappa shape index (κ1) is 11.9. The van der Waals surface area contributed by atoms with E-state index in [0.717, 1.165) is 42.4 Å². The van der Waals surface area contributed by atoms with Crippen molar-refractivity contribution in [2.75, 3.05) is 5.75 Å². The molecule has 0 saturated heterocycles. The molecule has 1 aromatic rings. The van der Waals surface area contributed by atoms with E-state index < -0.39 is 5.60 Å². The number of thioether (sulfide) groups is 1. The van der Waals surface area contributed by atoms with Crippen LogP contribution < -0.4 is 0 Å². The summed E-state index contributed by atoms with van der Waals surface area (Å²) >= 11 is 1.67. The Balaban J connectivity index is 1.85. The van der Waals surface area contributed by atoms with Gasteiger partial charge in [0, 0.05) is 11.9 Å². The molecule has 0 atom stereocenters. The maximum Gasteiger partial charge on any atom is 0.0960 e. The van der Waals surface area contributed by atoms with Gasteiger partial charge >= 0.3 is 0 Å². The molecule has 3 heteroatoms. The van der Waals surface area contributed by atoms with E-state index in [-0.39, 0.29) is 0 Å². The molecule has 0 aromatic carbocycles. The zero-order chi connectivity index (χ0) is 11.4. The van der Waals surface area contributed by atoms with E-state index in [1.807, 2.05) is 18.2 Å². The summed E-state index contributed by atoms with van der Waals surface area (Å²) in [5.74, 6) is 1.55. The fourth-order valence-corrected chi connectivity index (χ4v) is 3.10. The molecule has 1 aromatic heterocycles. The second kappa shape index (κ2) is 5.19. The van der Waals surface area contributed by atoms with Gasteiger partial charge in [0.25, 0.3) is 0 Å². The molecule has 2 rings (SSSR count). The molecule has 88 valence electrons. The Morgan fingerprint density at radius 2 is 2.19 bits per heavy atom. The summed E-state index contributed by atoms with van der Waals surface area (Å²) in [6.45, 7) is 2.27. The van der Waals surface area contributed by atoms with Gasteiger partial charge in [-0.25, -0.2) is 4.98 Å². The van der Waals surface area contributed by atoms with Crippen LogP contribution in [0.4, 0.5) is 0 Å². The predicted octanol–water partition coefficient (Wildman–Crippen LogP) is 3.11. The molecule has 1 aliphatic carbocycles. The maximum atomic E-state index is 10.4. The Bertz CT molecular complexity index is 320. The van der Waals surface area contributed by atoms with Crippen molar-refractivity contribution in [2.45, 2.75) is 43.2 Å². The van der Waals surface area contributed by atoms with Gasteiger partial charge in [0.15, 0.2) is 0 Å². The van der Waals surface area contributed by atoms with Crippen molar-refractivity contribution in [3.63, 3.8) is 0 Å². The van der Waals surface area contributed by atoms with Gasteiger partial charge in [-0.1, -0.05) is 13.0 Å². The zero-order valence-corrected chi connectivity index (χ0v) is 10.5. The van der Waals surface area contributed by atoms with Gasteiger partial charge in [-0.05, 0) is 43.7 Å². The minimum Gasteiger partial charge on any atom is -0.389 e. The molecule has 0 spiro atoms. The lowest BCUT2D eigenvalue weighted by atomic mass is 9.81. The Morgan fingerprint density at radius 1 is 1.44 bits per heavy atom. The second-order valence-corrected chi connectivity index (χ2v) is 5.86. The first-order valence-electron chi connectivity index (χ1n) is 5.94. The average Bonchev–Trinajstić information content (AvgIpc) is 2.33. The number of nitrogens with zero attached hydrogens (tertiary/aromatic N) is 1. The van der Waals surface area contributed by atoms with Crippen LogP contribution in [0.5, 0.6) is 0 Å². The van der Waals surface area contributed by atoms with E-state index in [4.69, 9.17) is 0 Å². The highest BCUT2D eigenvalue weighted by Crippen LogP contribution is 2.35. The molecule has 1 heterocycles. The highest BCUT2D eigenvalue weighted by atomic mass is 32.2. The SMILES string of the molecule is CC1CCC(O)(CSc2ccccn2)CC1. The van der Waals surface area contributed by atoms with E-state index in [9.17, 15) is 5.11 Å². The maximum absolute atomic E-state index is 10.4. The molecule has 1 N–H and O–H groups in total. The van der Waals surface area contributed by atoms with E-state index in [1.165, 1.54) is 0 Å². The van der Waals surface area contributed by atoms with Crippen molar-refractivity contribution in [2.24, 2.45) is 5.92 Å². The van der Waals surface area contributed by atoms with Gasteiger partial charge in [0.05, 0.1) is 10.6 Å². The van der Waals surface area contributed by atoms with Crippen LogP contribution in [0.25, 0.3) is 0 Å². The molecule has 0 aliphatic heterocycles. The van der Waals surface area contributed by atoms with Crippen LogP contribution in [0.1, 0.15) is 32.6 Å². The van der Waals surface area contributed by atoms with Gasteiger partial charge < -0.3 is 5.11 Å². The molecule has 1 saturated carbocycles. The molecule has 0 unspecified atom stereocenters. The molecule has 1 aliphatic rings. The van der Waals surface area contributed by atoms with Crippen LogP contribution in [0.2, 0.25) is 0 Å². The third-order valence-corrected chi connectivity index (χ3v) is 4.55. The molecule has 0 amide bonds. The third-order valence-electron chi connectivity index (χ3n) is 3.33. The molecule has 2 nitrogen and oxygen atoms in total. The number of hydrogen-bond donors (Lipinski definition) is 1. The first-order chi connectivity index (χ1) is 7.68. The lowest BCUT2D eigenvalue weighted by molar-refractivity contribution is 0.0150. The summed E-state index contributed by atoms with van der Waals surface area (Å²) in [5.41, 5.74) is -0.464. The average molecular weight is 237 g/mol. The molecular formula is C13H19NOS. The summed E-state index contributed by atoms with van der Waals surface area (Å²) in [7, 11) is 0. The zero-order valence-electron chi connectivity index (χ0n) is 9.72. The number of hydrogen-bond acceptors (Lipinski definition) is 3. The van der Waals surface area contributed by atoms with Crippen molar-refractivity contribution in [3.05, 3.63) is 24.4 Å². The summed E-state index contributed by atoms with van der Waals surface area (Å²) in [5, 5.41) is 11.4. The quantitative estimate of drug-likeness (QED) is 0.820. The van der Waals surface area contributed by atoms with Gasteiger partial charge in [-0.2, -0.15) is 0 Å². The molecule has 16 heavy (non-hydrogen) atoms. The van der Waals surface area contributed by atoms with Gasteiger partial charge in [-0.3, -0.25) is 0 Å². The molecule has 0 bridgehead atoms. The number of rotatable bonds is 3. The van der Waals surface area contributed by atoms with Crippen LogP contribution in [0.15, 0.2) is 29.4 Å². The summed E-state index contributed by atoms with van der Waals surface area (Å²) < 4.78 is 0. The largest absolute Gasteiger partial charge is 0.389 e. The number of aliphatic hydroxyl groups is 1. The van der Waals surface area contributed by atoms with Crippen LogP contribution in [-0.2, 0) is 0 Å². The topological polar surface area (TPSA) is 33.1 Å². The minimum atomic E-state index is -0.464. The standard InChI is InChI=1S/C13H19NOS/c1-11-5-7-13(15,8-6-11)10-16-12-4-2-3-9-14-12/h2-4,9,11,15H,5-8,10H2,1H3. The van der Waals surface area contributed by atoms with Crippen LogP contribution in [0, 0.1) is 5.92 Å². The summed E-state index contributed by atoms with van der Waals surface area (Å²) in [4.78, 5) is 4.26. The Kier molecular flexibility index (Phi) is 3.87. The van der Waals surface area contributed by atoms with Crippen molar-refractivity contribution >= 4 is 11.8 Å².